The minimum atomic E-state index is 0. The zero-order chi connectivity index (χ0) is 4.28. The Morgan fingerprint density at radius 1 is 1.50 bits per heavy atom. The molecule has 0 aromatic heterocycles. The van der Waals surface area contributed by atoms with Crippen LogP contribution in [0.15, 0.2) is 0 Å². The predicted molar refractivity (Wildman–Crippen MR) is 25.8 cm³/mol. The zero-order valence-corrected chi connectivity index (χ0v) is 8.05. The average Bonchev–Trinajstić information content (AvgIpc) is 1.38. The number of hydrogen-bond acceptors (Lipinski definition) is 1. The van der Waals surface area contributed by atoms with Gasteiger partial charge in [-0.15, -0.1) is 12.4 Å². The molecule has 0 saturated heterocycles. The summed E-state index contributed by atoms with van der Waals surface area (Å²) in [5.41, 5.74) is 0. The fourth-order valence-corrected chi connectivity index (χ4v) is 0. The average molecular weight is 160 g/mol. The molecule has 3 heteroatoms. The molecule has 0 atom stereocenters. The Bertz CT molecular complexity index is 24.8. The third kappa shape index (κ3) is 8.86. The van der Waals surface area contributed by atoms with Crippen LogP contribution in [-0.4, -0.2) is 24.1 Å². The van der Waals surface area contributed by atoms with Crippen molar-refractivity contribution in [3.63, 3.8) is 0 Å². The monoisotopic (exact) mass is 158 g/mol. The molecular weight excluding hydrogens is 151 g/mol. The van der Waals surface area contributed by atoms with Gasteiger partial charge < -0.3 is 0 Å². The van der Waals surface area contributed by atoms with Gasteiger partial charge >= 0.3 is 42.4 Å². The summed E-state index contributed by atoms with van der Waals surface area (Å²) in [5.74, 6) is 0. The van der Waals surface area contributed by atoms with Crippen LogP contribution in [0.3, 0.4) is 0 Å². The Hall–Kier alpha value is 0.873. The maximum atomic E-state index is 2.18. The quantitative estimate of drug-likeness (QED) is 0.504. The SMILES string of the molecule is CN(C)[CH2][Zn].Cl. The maximum absolute atomic E-state index is 2.18. The summed E-state index contributed by atoms with van der Waals surface area (Å²) in [4.78, 5) is 2.18. The summed E-state index contributed by atoms with van der Waals surface area (Å²) in [5, 5.41) is 1.26. The molecule has 0 aromatic rings. The van der Waals surface area contributed by atoms with E-state index in [0.29, 0.717) is 0 Å². The van der Waals surface area contributed by atoms with Gasteiger partial charge in [-0.3, -0.25) is 0 Å². The van der Waals surface area contributed by atoms with Crippen molar-refractivity contribution in [3.05, 3.63) is 0 Å². The first-order valence-electron chi connectivity index (χ1n) is 1.71. The van der Waals surface area contributed by atoms with Gasteiger partial charge in [0.2, 0.25) is 0 Å². The van der Waals surface area contributed by atoms with E-state index in [4.69, 9.17) is 0 Å². The molecule has 35 valence electrons. The zero-order valence-electron chi connectivity index (χ0n) is 4.27. The molecule has 0 bridgehead atoms. The molecule has 0 unspecified atom stereocenters. The molecule has 0 heterocycles. The molecule has 0 aliphatic heterocycles. The van der Waals surface area contributed by atoms with Gasteiger partial charge in [0.25, 0.3) is 0 Å². The van der Waals surface area contributed by atoms with E-state index in [1.807, 2.05) is 0 Å². The van der Waals surface area contributed by atoms with E-state index in [1.54, 1.807) is 0 Å². The van der Waals surface area contributed by atoms with Crippen molar-refractivity contribution in [2.45, 2.75) is 0 Å². The summed E-state index contributed by atoms with van der Waals surface area (Å²) in [6, 6.07) is 0. The topological polar surface area (TPSA) is 3.24 Å². The molecule has 1 nitrogen and oxygen atoms in total. The Balaban J connectivity index is 0. The van der Waals surface area contributed by atoms with Crippen molar-refractivity contribution >= 4 is 12.4 Å². The number of nitrogens with zero attached hydrogens (tertiary/aromatic N) is 1. The fraction of sp³-hybridized carbons (Fsp3) is 1.00. The molecule has 0 fully saturated rings. The standard InChI is InChI=1S/C3H8N.ClH.Zn/c1-4(2)3;;/h1H2,2-3H3;1H;. The molecule has 0 rings (SSSR count). The minimum absolute atomic E-state index is 0. The van der Waals surface area contributed by atoms with Gasteiger partial charge in [-0.2, -0.15) is 0 Å². The molecule has 0 aliphatic carbocycles. The van der Waals surface area contributed by atoms with Crippen LogP contribution < -0.4 is 0 Å². The third-order valence-corrected chi connectivity index (χ3v) is 2.32. The van der Waals surface area contributed by atoms with E-state index in [-0.39, 0.29) is 12.4 Å². The van der Waals surface area contributed by atoms with Crippen LogP contribution >= 0.6 is 12.4 Å². The second-order valence-corrected chi connectivity index (χ2v) is 2.24. The smallest absolute Gasteiger partial charge is 0.147 e. The minimum Gasteiger partial charge on any atom is -0.147 e. The van der Waals surface area contributed by atoms with E-state index in [1.165, 1.54) is 23.4 Å². The van der Waals surface area contributed by atoms with Gasteiger partial charge in [-0.05, 0) is 0 Å². The van der Waals surface area contributed by atoms with Gasteiger partial charge in [-0.25, -0.2) is 0 Å². The number of halogens is 1. The molecule has 0 spiro atoms. The van der Waals surface area contributed by atoms with Gasteiger partial charge in [0.15, 0.2) is 0 Å². The molecule has 0 amide bonds. The van der Waals surface area contributed by atoms with Crippen molar-refractivity contribution in [1.82, 2.24) is 4.90 Å². The second kappa shape index (κ2) is 5.87. The van der Waals surface area contributed by atoms with Crippen molar-refractivity contribution in [2.75, 3.05) is 19.2 Å². The number of hydrogen-bond donors (Lipinski definition) is 0. The van der Waals surface area contributed by atoms with Crippen LogP contribution in [0.1, 0.15) is 0 Å². The molecule has 0 N–H and O–H groups in total. The molecule has 0 aliphatic rings. The first kappa shape index (κ1) is 9.98. The maximum Gasteiger partial charge on any atom is -0.147 e. The summed E-state index contributed by atoms with van der Waals surface area (Å²) in [7, 11) is 4.17. The van der Waals surface area contributed by atoms with Crippen LogP contribution in [-0.2, 0) is 18.3 Å². The summed E-state index contributed by atoms with van der Waals surface area (Å²) < 4.78 is 0. The van der Waals surface area contributed by atoms with E-state index < -0.39 is 0 Å². The molecule has 0 aromatic carbocycles. The predicted octanol–water partition coefficient (Wildman–Crippen LogP) is 0.474. The van der Waals surface area contributed by atoms with Crippen LogP contribution in [0.2, 0.25) is 0 Å². The Morgan fingerprint density at radius 3 is 1.67 bits per heavy atom. The van der Waals surface area contributed by atoms with Crippen LogP contribution in [0.25, 0.3) is 0 Å². The van der Waals surface area contributed by atoms with E-state index in [9.17, 15) is 0 Å². The molecule has 6 heavy (non-hydrogen) atoms. The van der Waals surface area contributed by atoms with Gasteiger partial charge in [0.1, 0.15) is 0 Å². The number of rotatable bonds is 1. The van der Waals surface area contributed by atoms with Gasteiger partial charge in [-0.1, -0.05) is 0 Å². The fourth-order valence-electron chi connectivity index (χ4n) is 0. The Kier molecular flexibility index (Phi) is 9.77. The summed E-state index contributed by atoms with van der Waals surface area (Å²) in [6.07, 6.45) is 0. The normalized spacial score (nSPS) is 8.17. The largest absolute Gasteiger partial charge is 0.147 e. The summed E-state index contributed by atoms with van der Waals surface area (Å²) >= 11 is 1.38. The van der Waals surface area contributed by atoms with Crippen LogP contribution in [0.5, 0.6) is 0 Å². The molecule has 0 radical (unpaired) electrons. The third-order valence-electron chi connectivity index (χ3n) is 0.447. The molecule has 0 saturated carbocycles. The van der Waals surface area contributed by atoms with E-state index in [2.05, 4.69) is 19.0 Å². The molecular formula is C3H9ClNZn. The van der Waals surface area contributed by atoms with Crippen molar-refractivity contribution in [2.24, 2.45) is 0 Å². The Labute approximate surface area is 55.2 Å². The first-order chi connectivity index (χ1) is 2.27. The Morgan fingerprint density at radius 2 is 1.67 bits per heavy atom. The van der Waals surface area contributed by atoms with Gasteiger partial charge in [0.05, 0.1) is 0 Å². The van der Waals surface area contributed by atoms with Crippen molar-refractivity contribution in [3.8, 4) is 0 Å². The van der Waals surface area contributed by atoms with E-state index in [0.717, 1.165) is 0 Å². The second-order valence-electron chi connectivity index (χ2n) is 1.30. The summed E-state index contributed by atoms with van der Waals surface area (Å²) in [6.45, 7) is 0. The first-order valence-corrected chi connectivity index (χ1v) is 3.81. The van der Waals surface area contributed by atoms with Crippen LogP contribution in [0, 0.1) is 0 Å². The van der Waals surface area contributed by atoms with Gasteiger partial charge in [0, 0.05) is 0 Å². The van der Waals surface area contributed by atoms with Crippen molar-refractivity contribution in [1.29, 1.82) is 0 Å². The van der Waals surface area contributed by atoms with E-state index >= 15 is 0 Å². The van der Waals surface area contributed by atoms with Crippen molar-refractivity contribution < 1.29 is 18.3 Å². The van der Waals surface area contributed by atoms with Crippen LogP contribution in [0.4, 0.5) is 0 Å².